The molecule has 6 heteroatoms. The first kappa shape index (κ1) is 14.9. The molecule has 0 aliphatic carbocycles. The monoisotopic (exact) mass is 312 g/mol. The van der Waals surface area contributed by atoms with Gasteiger partial charge in [-0.15, -0.1) is 0 Å². The fourth-order valence-electron chi connectivity index (χ4n) is 1.86. The summed E-state index contributed by atoms with van der Waals surface area (Å²) in [7, 11) is 0. The zero-order valence-corrected chi connectivity index (χ0v) is 12.7. The van der Waals surface area contributed by atoms with Crippen LogP contribution in [-0.4, -0.2) is 17.4 Å². The highest BCUT2D eigenvalue weighted by atomic mass is 35.5. The maximum Gasteiger partial charge on any atom is 0.252 e. The molecule has 4 nitrogen and oxygen atoms in total. The van der Waals surface area contributed by atoms with Gasteiger partial charge in [-0.25, -0.2) is 4.98 Å². The summed E-state index contributed by atoms with van der Waals surface area (Å²) in [6.45, 7) is 4.12. The number of halogens is 2. The van der Waals surface area contributed by atoms with E-state index >= 15 is 0 Å². The van der Waals surface area contributed by atoms with E-state index in [1.807, 2.05) is 6.92 Å². The molecule has 2 aromatic rings. The molecule has 0 fully saturated rings. The smallest absolute Gasteiger partial charge is 0.252 e. The first-order chi connectivity index (χ1) is 9.47. The Hall–Kier alpha value is -1.52. The Bertz CT molecular complexity index is 638. The van der Waals surface area contributed by atoms with Gasteiger partial charge >= 0.3 is 0 Å². The molecule has 20 heavy (non-hydrogen) atoms. The third kappa shape index (κ3) is 3.52. The first-order valence-corrected chi connectivity index (χ1v) is 6.89. The third-order valence-electron chi connectivity index (χ3n) is 2.81. The summed E-state index contributed by atoms with van der Waals surface area (Å²) in [6, 6.07) is 4.78. The van der Waals surface area contributed by atoms with Gasteiger partial charge in [0, 0.05) is 24.9 Å². The van der Waals surface area contributed by atoms with E-state index in [0.29, 0.717) is 34.5 Å². The van der Waals surface area contributed by atoms with Crippen LogP contribution < -0.4 is 5.32 Å². The summed E-state index contributed by atoms with van der Waals surface area (Å²) in [5, 5.41) is 3.62. The average molecular weight is 313 g/mol. The summed E-state index contributed by atoms with van der Waals surface area (Å²) in [5.74, 6) is 1.18. The lowest BCUT2D eigenvalue weighted by Crippen LogP contribution is -2.26. The van der Waals surface area contributed by atoms with Crippen LogP contribution in [0.3, 0.4) is 0 Å². The SMILES string of the molecule is Cc1nc(C)c(CCNC(=O)c2ccc(Cl)cc2Cl)o1. The van der Waals surface area contributed by atoms with Gasteiger partial charge in [-0.2, -0.15) is 0 Å². The maximum atomic E-state index is 12.0. The Balaban J connectivity index is 1.94. The van der Waals surface area contributed by atoms with Crippen LogP contribution in [0.25, 0.3) is 0 Å². The van der Waals surface area contributed by atoms with E-state index in [1.165, 1.54) is 0 Å². The van der Waals surface area contributed by atoms with E-state index in [9.17, 15) is 4.79 Å². The van der Waals surface area contributed by atoms with E-state index in [-0.39, 0.29) is 5.91 Å². The number of carbonyl (C=O) groups is 1. The van der Waals surface area contributed by atoms with Crippen LogP contribution in [0.4, 0.5) is 0 Å². The van der Waals surface area contributed by atoms with Crippen molar-refractivity contribution in [1.29, 1.82) is 0 Å². The molecule has 106 valence electrons. The number of hydrogen-bond acceptors (Lipinski definition) is 3. The van der Waals surface area contributed by atoms with Crippen LogP contribution in [-0.2, 0) is 6.42 Å². The predicted octanol–water partition coefficient (Wildman–Crippen LogP) is 3.57. The number of nitrogens with zero attached hydrogens (tertiary/aromatic N) is 1. The number of aryl methyl sites for hydroxylation is 2. The van der Waals surface area contributed by atoms with Gasteiger partial charge < -0.3 is 9.73 Å². The highest BCUT2D eigenvalue weighted by molar-refractivity contribution is 6.36. The Morgan fingerprint density at radius 2 is 2.10 bits per heavy atom. The van der Waals surface area contributed by atoms with E-state index < -0.39 is 0 Å². The molecule has 0 radical (unpaired) electrons. The van der Waals surface area contributed by atoms with E-state index in [0.717, 1.165) is 11.5 Å². The fourth-order valence-corrected chi connectivity index (χ4v) is 2.36. The summed E-state index contributed by atoms with van der Waals surface area (Å²) in [4.78, 5) is 16.1. The van der Waals surface area contributed by atoms with Crippen molar-refractivity contribution in [1.82, 2.24) is 10.3 Å². The second-order valence-corrected chi connectivity index (χ2v) is 5.22. The molecule has 0 saturated carbocycles. The topological polar surface area (TPSA) is 55.1 Å². The molecule has 1 aromatic carbocycles. The zero-order valence-electron chi connectivity index (χ0n) is 11.2. The van der Waals surface area contributed by atoms with E-state index in [4.69, 9.17) is 27.6 Å². The number of amides is 1. The Kier molecular flexibility index (Phi) is 4.68. The van der Waals surface area contributed by atoms with Gasteiger partial charge in [-0.3, -0.25) is 4.79 Å². The lowest BCUT2D eigenvalue weighted by Gasteiger charge is -2.06. The number of rotatable bonds is 4. The number of benzene rings is 1. The molecule has 1 N–H and O–H groups in total. The molecule has 2 rings (SSSR count). The van der Waals surface area contributed by atoms with Gasteiger partial charge in [0.25, 0.3) is 5.91 Å². The summed E-state index contributed by atoms with van der Waals surface area (Å²) in [6.07, 6.45) is 0.587. The number of oxazole rings is 1. The molecule has 0 aliphatic heterocycles. The lowest BCUT2D eigenvalue weighted by molar-refractivity contribution is 0.0954. The van der Waals surface area contributed by atoms with Gasteiger partial charge in [0.05, 0.1) is 16.3 Å². The third-order valence-corrected chi connectivity index (χ3v) is 3.36. The van der Waals surface area contributed by atoms with E-state index in [1.54, 1.807) is 25.1 Å². The number of carbonyl (C=O) groups excluding carboxylic acids is 1. The lowest BCUT2D eigenvalue weighted by atomic mass is 10.2. The molecule has 1 amide bonds. The van der Waals surface area contributed by atoms with Gasteiger partial charge in [-0.05, 0) is 25.1 Å². The molecule has 0 unspecified atom stereocenters. The number of nitrogens with one attached hydrogen (secondary N) is 1. The minimum atomic E-state index is -0.236. The number of aromatic nitrogens is 1. The van der Waals surface area contributed by atoms with Crippen molar-refractivity contribution in [2.24, 2.45) is 0 Å². The second-order valence-electron chi connectivity index (χ2n) is 4.37. The quantitative estimate of drug-likeness (QED) is 0.939. The standard InChI is InChI=1S/C14H14Cl2N2O2/c1-8-13(20-9(2)18-8)5-6-17-14(19)11-4-3-10(15)7-12(11)16/h3-4,7H,5-6H2,1-2H3,(H,17,19). The van der Waals surface area contributed by atoms with Crippen molar-refractivity contribution < 1.29 is 9.21 Å². The van der Waals surface area contributed by atoms with E-state index in [2.05, 4.69) is 10.3 Å². The summed E-state index contributed by atoms with van der Waals surface area (Å²) < 4.78 is 5.44. The molecule has 0 bridgehead atoms. The average Bonchev–Trinajstić information content (AvgIpc) is 2.67. The second kappa shape index (κ2) is 6.29. The maximum absolute atomic E-state index is 12.0. The highest BCUT2D eigenvalue weighted by Crippen LogP contribution is 2.20. The van der Waals surface area contributed by atoms with Crippen molar-refractivity contribution >= 4 is 29.1 Å². The Morgan fingerprint density at radius 1 is 1.35 bits per heavy atom. The highest BCUT2D eigenvalue weighted by Gasteiger charge is 2.11. The molecule has 1 heterocycles. The first-order valence-electron chi connectivity index (χ1n) is 6.13. The van der Waals surface area contributed by atoms with Crippen molar-refractivity contribution in [3.05, 3.63) is 51.2 Å². The largest absolute Gasteiger partial charge is 0.446 e. The number of hydrogen-bond donors (Lipinski definition) is 1. The van der Waals surface area contributed by atoms with Crippen molar-refractivity contribution in [2.45, 2.75) is 20.3 Å². The van der Waals surface area contributed by atoms with Gasteiger partial charge in [0.2, 0.25) is 0 Å². The molecular formula is C14H14Cl2N2O2. The van der Waals surface area contributed by atoms with Crippen LogP contribution in [0.15, 0.2) is 22.6 Å². The zero-order chi connectivity index (χ0) is 14.7. The minimum Gasteiger partial charge on any atom is -0.446 e. The van der Waals surface area contributed by atoms with Crippen LogP contribution in [0.2, 0.25) is 10.0 Å². The molecule has 1 aromatic heterocycles. The Morgan fingerprint density at radius 3 is 2.70 bits per heavy atom. The Labute approximate surface area is 127 Å². The van der Waals surface area contributed by atoms with Gasteiger partial charge in [0.1, 0.15) is 5.76 Å². The van der Waals surface area contributed by atoms with Crippen LogP contribution in [0, 0.1) is 13.8 Å². The van der Waals surface area contributed by atoms with Crippen molar-refractivity contribution in [3.63, 3.8) is 0 Å². The van der Waals surface area contributed by atoms with Crippen molar-refractivity contribution in [2.75, 3.05) is 6.54 Å². The minimum absolute atomic E-state index is 0.236. The predicted molar refractivity (Wildman–Crippen MR) is 78.5 cm³/mol. The summed E-state index contributed by atoms with van der Waals surface area (Å²) in [5.41, 5.74) is 1.25. The molecule has 0 atom stereocenters. The molecule has 0 aliphatic rings. The van der Waals surface area contributed by atoms with Crippen molar-refractivity contribution in [3.8, 4) is 0 Å². The van der Waals surface area contributed by atoms with Gasteiger partial charge in [-0.1, -0.05) is 23.2 Å². The normalized spacial score (nSPS) is 10.6. The molecule has 0 spiro atoms. The van der Waals surface area contributed by atoms with Crippen LogP contribution in [0.5, 0.6) is 0 Å². The molecular weight excluding hydrogens is 299 g/mol. The van der Waals surface area contributed by atoms with Crippen LogP contribution in [0.1, 0.15) is 27.7 Å². The van der Waals surface area contributed by atoms with Gasteiger partial charge in [0.15, 0.2) is 5.89 Å². The molecule has 0 saturated heterocycles. The fraction of sp³-hybridized carbons (Fsp3) is 0.286. The van der Waals surface area contributed by atoms with Crippen LogP contribution >= 0.6 is 23.2 Å². The summed E-state index contributed by atoms with van der Waals surface area (Å²) >= 11 is 11.8.